The van der Waals surface area contributed by atoms with Gasteiger partial charge in [-0.2, -0.15) is 0 Å². The van der Waals surface area contributed by atoms with Crippen molar-refractivity contribution in [3.63, 3.8) is 0 Å². The monoisotopic (exact) mass is 474 g/mol. The lowest BCUT2D eigenvalue weighted by atomic mass is 9.99. The third-order valence-electron chi connectivity index (χ3n) is 5.41. The maximum atomic E-state index is 12.9. The van der Waals surface area contributed by atoms with Crippen molar-refractivity contribution in [1.29, 1.82) is 0 Å². The van der Waals surface area contributed by atoms with Gasteiger partial charge in [0.25, 0.3) is 5.75 Å². The van der Waals surface area contributed by atoms with E-state index in [0.29, 0.717) is 17.7 Å². The van der Waals surface area contributed by atoms with Crippen molar-refractivity contribution in [2.24, 2.45) is 0 Å². The third-order valence-corrected chi connectivity index (χ3v) is 5.41. The Morgan fingerprint density at radius 2 is 1.71 bits per heavy atom. The van der Waals surface area contributed by atoms with E-state index in [0.717, 1.165) is 5.56 Å². The summed E-state index contributed by atoms with van der Waals surface area (Å²) < 4.78 is 27.9. The number of hydrogen-bond donors (Lipinski definition) is 4. The Labute approximate surface area is 194 Å². The van der Waals surface area contributed by atoms with E-state index in [1.54, 1.807) is 18.2 Å². The summed E-state index contributed by atoms with van der Waals surface area (Å²) in [4.78, 5) is 12.9. The highest BCUT2D eigenvalue weighted by Gasteiger charge is 2.45. The molecule has 0 amide bonds. The fraction of sp³-hybridized carbons (Fsp3) is 0.375. The van der Waals surface area contributed by atoms with Crippen molar-refractivity contribution < 1.29 is 43.8 Å². The molecule has 1 saturated heterocycles. The minimum absolute atomic E-state index is 0.0371. The molecule has 0 aliphatic carbocycles. The Morgan fingerprint density at radius 1 is 0.941 bits per heavy atom. The number of aliphatic hydroxyl groups is 4. The maximum absolute atomic E-state index is 12.9. The molecule has 1 aliphatic heterocycles. The topological polar surface area (TPSA) is 148 Å². The van der Waals surface area contributed by atoms with Crippen molar-refractivity contribution in [1.82, 2.24) is 0 Å². The first-order valence-electron chi connectivity index (χ1n) is 10.8. The lowest BCUT2D eigenvalue weighted by Gasteiger charge is -2.39. The van der Waals surface area contributed by atoms with Crippen molar-refractivity contribution in [2.75, 3.05) is 13.2 Å². The fourth-order valence-corrected chi connectivity index (χ4v) is 3.65. The van der Waals surface area contributed by atoms with Gasteiger partial charge < -0.3 is 43.8 Å². The second kappa shape index (κ2) is 10.4. The molecular weight excluding hydrogens is 448 g/mol. The number of ether oxygens (including phenoxy) is 4. The number of fused-ring (bicyclic) bond motifs is 1. The van der Waals surface area contributed by atoms with Crippen molar-refractivity contribution in [2.45, 2.75) is 44.2 Å². The van der Waals surface area contributed by atoms with E-state index >= 15 is 0 Å². The summed E-state index contributed by atoms with van der Waals surface area (Å²) in [5, 5.41) is 40.3. The summed E-state index contributed by atoms with van der Waals surface area (Å²) in [6, 6.07) is 14.1. The van der Waals surface area contributed by atoms with Crippen LogP contribution < -0.4 is 19.8 Å². The van der Waals surface area contributed by atoms with E-state index in [1.807, 2.05) is 37.3 Å². The Kier molecular flexibility index (Phi) is 7.35. The van der Waals surface area contributed by atoms with Gasteiger partial charge >= 0.3 is 5.63 Å². The highest BCUT2D eigenvalue weighted by atomic mass is 16.7. The van der Waals surface area contributed by atoms with Crippen LogP contribution >= 0.6 is 0 Å². The predicted molar refractivity (Wildman–Crippen MR) is 119 cm³/mol. The molecule has 5 atom stereocenters. The summed E-state index contributed by atoms with van der Waals surface area (Å²) >= 11 is 0. The molecule has 3 aromatic rings. The van der Waals surface area contributed by atoms with Gasteiger partial charge in [-0.25, -0.2) is 4.79 Å². The molecule has 4 N–H and O–H groups in total. The van der Waals surface area contributed by atoms with Crippen LogP contribution in [0.5, 0.6) is 17.2 Å². The van der Waals surface area contributed by atoms with Crippen molar-refractivity contribution >= 4 is 11.0 Å². The maximum Gasteiger partial charge on any atom is 0.383 e. The molecule has 0 radical (unpaired) electrons. The van der Waals surface area contributed by atoms with Gasteiger partial charge in [-0.1, -0.05) is 30.3 Å². The van der Waals surface area contributed by atoms with E-state index in [9.17, 15) is 25.2 Å². The number of rotatable bonds is 8. The molecule has 0 bridgehead atoms. The molecule has 0 spiro atoms. The van der Waals surface area contributed by atoms with Gasteiger partial charge in [0.05, 0.1) is 18.6 Å². The first kappa shape index (κ1) is 24.0. The Hall–Kier alpha value is -3.15. The van der Waals surface area contributed by atoms with Crippen LogP contribution in [0.1, 0.15) is 12.5 Å². The van der Waals surface area contributed by atoms with E-state index < -0.39 is 48.7 Å². The van der Waals surface area contributed by atoms with Gasteiger partial charge in [-0.15, -0.1) is 0 Å². The van der Waals surface area contributed by atoms with E-state index in [1.165, 1.54) is 0 Å². The lowest BCUT2D eigenvalue weighted by Crippen LogP contribution is -2.60. The molecule has 0 saturated carbocycles. The van der Waals surface area contributed by atoms with Gasteiger partial charge in [-0.3, -0.25) is 0 Å². The Balaban J connectivity index is 1.74. The van der Waals surface area contributed by atoms with E-state index in [4.69, 9.17) is 23.4 Å². The zero-order valence-corrected chi connectivity index (χ0v) is 18.4. The van der Waals surface area contributed by atoms with E-state index in [-0.39, 0.29) is 17.9 Å². The largest absolute Gasteiger partial charge is 0.494 e. The van der Waals surface area contributed by atoms with Crippen LogP contribution in [0.4, 0.5) is 0 Å². The molecule has 10 heteroatoms. The second-order valence-electron chi connectivity index (χ2n) is 7.73. The summed E-state index contributed by atoms with van der Waals surface area (Å²) in [5.74, 6) is 0.141. The van der Waals surface area contributed by atoms with Crippen LogP contribution in [-0.4, -0.2) is 64.3 Å². The Morgan fingerprint density at radius 3 is 2.41 bits per heavy atom. The number of benzene rings is 2. The average Bonchev–Trinajstić information content (AvgIpc) is 2.84. The van der Waals surface area contributed by atoms with Crippen molar-refractivity contribution in [3.05, 3.63) is 64.5 Å². The highest BCUT2D eigenvalue weighted by molar-refractivity contribution is 5.86. The smallest absolute Gasteiger partial charge is 0.383 e. The molecule has 1 aromatic heterocycles. The van der Waals surface area contributed by atoms with Crippen molar-refractivity contribution in [3.8, 4) is 17.2 Å². The number of hydrogen-bond acceptors (Lipinski definition) is 10. The molecule has 1 aliphatic rings. The standard InChI is InChI=1S/C24H26O10/c1-2-30-14-8-9-15-16(10-14)32-23(29)22(21(15)31-12-13-6-4-3-5-7-13)34-24-20(28)19(27)18(26)17(11-25)33-24/h3-10,17-20,24-28H,2,11-12H2,1H3/t17-,18-,19+,20+,24+/m1/s1. The molecule has 182 valence electrons. The molecule has 34 heavy (non-hydrogen) atoms. The molecule has 10 nitrogen and oxygen atoms in total. The lowest BCUT2D eigenvalue weighted by molar-refractivity contribution is -0.278. The van der Waals surface area contributed by atoms with Crippen LogP contribution in [0.3, 0.4) is 0 Å². The zero-order chi connectivity index (χ0) is 24.2. The molecule has 0 unspecified atom stereocenters. The predicted octanol–water partition coefficient (Wildman–Crippen LogP) is 0.949. The summed E-state index contributed by atoms with van der Waals surface area (Å²) in [7, 11) is 0. The molecular formula is C24H26O10. The van der Waals surface area contributed by atoms with Crippen LogP contribution in [0.2, 0.25) is 0 Å². The minimum atomic E-state index is -1.71. The second-order valence-corrected chi connectivity index (χ2v) is 7.73. The van der Waals surface area contributed by atoms with Crippen LogP contribution in [0.25, 0.3) is 11.0 Å². The van der Waals surface area contributed by atoms with Crippen LogP contribution in [0.15, 0.2) is 57.7 Å². The first-order valence-corrected chi connectivity index (χ1v) is 10.8. The first-order chi connectivity index (χ1) is 16.4. The molecule has 2 aromatic carbocycles. The molecule has 4 rings (SSSR count). The molecule has 1 fully saturated rings. The van der Waals surface area contributed by atoms with Gasteiger partial charge in [0, 0.05) is 6.07 Å². The summed E-state index contributed by atoms with van der Waals surface area (Å²) in [6.45, 7) is 1.70. The van der Waals surface area contributed by atoms with Gasteiger partial charge in [0.2, 0.25) is 6.29 Å². The summed E-state index contributed by atoms with van der Waals surface area (Å²) in [6.07, 6.45) is -7.75. The third kappa shape index (κ3) is 4.86. The summed E-state index contributed by atoms with van der Waals surface area (Å²) in [5.41, 5.74) is 0.106. The Bertz CT molecular complexity index is 1160. The van der Waals surface area contributed by atoms with Gasteiger partial charge in [0.15, 0.2) is 5.75 Å². The van der Waals surface area contributed by atoms with Crippen LogP contribution in [0, 0.1) is 0 Å². The van der Waals surface area contributed by atoms with Gasteiger partial charge in [0.1, 0.15) is 42.4 Å². The fourth-order valence-electron chi connectivity index (χ4n) is 3.65. The van der Waals surface area contributed by atoms with Gasteiger partial charge in [-0.05, 0) is 24.6 Å². The zero-order valence-electron chi connectivity index (χ0n) is 18.4. The minimum Gasteiger partial charge on any atom is -0.494 e. The number of aliphatic hydroxyl groups excluding tert-OH is 4. The quantitative estimate of drug-likeness (QED) is 0.348. The normalized spacial score (nSPS) is 24.7. The molecule has 2 heterocycles. The van der Waals surface area contributed by atoms with Crippen LogP contribution in [-0.2, 0) is 11.3 Å². The average molecular weight is 474 g/mol. The van der Waals surface area contributed by atoms with E-state index in [2.05, 4.69) is 0 Å². The highest BCUT2D eigenvalue weighted by Crippen LogP contribution is 2.37. The SMILES string of the molecule is CCOc1ccc2c(OCc3ccccc3)c(O[C@@H]3O[C@H](CO)[C@@H](O)[C@H](O)[C@@H]3O)c(=O)oc2c1.